The number of fused-ring (bicyclic) bond motifs is 3. The molecule has 217 valence electrons. The van der Waals surface area contributed by atoms with Crippen LogP contribution in [0.5, 0.6) is 0 Å². The number of pyridine rings is 2. The van der Waals surface area contributed by atoms with Gasteiger partial charge in [-0.3, -0.25) is 0 Å². The molecule has 6 aromatic rings. The molecule has 1 unspecified atom stereocenters. The van der Waals surface area contributed by atoms with Gasteiger partial charge in [-0.2, -0.15) is 0 Å². The van der Waals surface area contributed by atoms with Gasteiger partial charge in [-0.1, -0.05) is 86.4 Å². The van der Waals surface area contributed by atoms with Crippen LogP contribution >= 0.6 is 0 Å². The smallest absolute Gasteiger partial charge is 0.120 e. The molecular formula is C37H38IrN2OSi-2. The number of para-hydroxylation sites is 1. The molecule has 1 atom stereocenters. The zero-order valence-corrected chi connectivity index (χ0v) is 28.9. The molecular weight excluding hydrogens is 709 g/mol. The molecule has 0 spiro atoms. The van der Waals surface area contributed by atoms with E-state index in [-0.39, 0.29) is 20.1 Å². The Balaban J connectivity index is 0.000000243. The van der Waals surface area contributed by atoms with Crippen molar-refractivity contribution in [3.05, 3.63) is 114 Å². The van der Waals surface area contributed by atoms with E-state index in [4.69, 9.17) is 9.40 Å². The van der Waals surface area contributed by atoms with Crippen LogP contribution in [-0.4, -0.2) is 18.0 Å². The summed E-state index contributed by atoms with van der Waals surface area (Å²) in [5, 5.41) is 3.83. The second kappa shape index (κ2) is 13.3. The summed E-state index contributed by atoms with van der Waals surface area (Å²) >= 11 is 0. The summed E-state index contributed by atoms with van der Waals surface area (Å²) in [6.07, 6.45) is 5.01. The monoisotopic (exact) mass is 747 g/mol. The van der Waals surface area contributed by atoms with Crippen LogP contribution in [0, 0.1) is 26.0 Å². The summed E-state index contributed by atoms with van der Waals surface area (Å²) < 4.78 is 6.38. The Hall–Kier alpha value is -3.37. The molecule has 6 rings (SSSR count). The van der Waals surface area contributed by atoms with Gasteiger partial charge >= 0.3 is 0 Å². The normalized spacial score (nSPS) is 12.0. The third kappa shape index (κ3) is 6.65. The summed E-state index contributed by atoms with van der Waals surface area (Å²) in [6, 6.07) is 31.4. The Kier molecular flexibility index (Phi) is 9.99. The largest absolute Gasteiger partial charge is 0.501 e. The Morgan fingerprint density at radius 1 is 0.905 bits per heavy atom. The minimum atomic E-state index is -1.56. The van der Waals surface area contributed by atoms with Gasteiger partial charge in [0.25, 0.3) is 0 Å². The van der Waals surface area contributed by atoms with Crippen LogP contribution in [0.4, 0.5) is 0 Å². The topological polar surface area (TPSA) is 38.9 Å². The number of nitrogens with zero attached hydrogens (tertiary/aromatic N) is 2. The fraction of sp³-hybridized carbons (Fsp3) is 0.243. The number of hydrogen-bond donors (Lipinski definition) is 0. The zero-order chi connectivity index (χ0) is 29.1. The maximum absolute atomic E-state index is 6.38. The summed E-state index contributed by atoms with van der Waals surface area (Å²) in [5.41, 5.74) is 9.48. The molecule has 0 aliphatic rings. The van der Waals surface area contributed by atoms with E-state index in [0.717, 1.165) is 40.1 Å². The molecule has 3 heterocycles. The van der Waals surface area contributed by atoms with Gasteiger partial charge in [0.15, 0.2) is 0 Å². The van der Waals surface area contributed by atoms with E-state index in [1.165, 1.54) is 32.6 Å². The molecule has 0 N–H and O–H groups in total. The van der Waals surface area contributed by atoms with E-state index in [2.05, 4.69) is 93.9 Å². The van der Waals surface area contributed by atoms with Crippen molar-refractivity contribution in [2.45, 2.75) is 59.7 Å². The van der Waals surface area contributed by atoms with Crippen LogP contribution in [-0.2, 0) is 20.1 Å². The van der Waals surface area contributed by atoms with Gasteiger partial charge in [0, 0.05) is 46.0 Å². The summed E-state index contributed by atoms with van der Waals surface area (Å²) in [7, 11) is -1.56. The van der Waals surface area contributed by atoms with Crippen LogP contribution in [0.1, 0.15) is 42.9 Å². The van der Waals surface area contributed by atoms with E-state index in [9.17, 15) is 0 Å². The molecule has 0 amide bonds. The first kappa shape index (κ1) is 31.6. The Labute approximate surface area is 264 Å². The maximum atomic E-state index is 6.38. The van der Waals surface area contributed by atoms with E-state index in [1.807, 2.05) is 55.7 Å². The predicted octanol–water partition coefficient (Wildman–Crippen LogP) is 9.67. The Bertz CT molecular complexity index is 1790. The number of aryl methyl sites for hydroxylation is 2. The average molecular weight is 747 g/mol. The van der Waals surface area contributed by atoms with Gasteiger partial charge < -0.3 is 14.4 Å². The third-order valence-corrected chi connectivity index (χ3v) is 9.69. The van der Waals surface area contributed by atoms with Gasteiger partial charge in [-0.25, -0.2) is 0 Å². The predicted molar refractivity (Wildman–Crippen MR) is 175 cm³/mol. The van der Waals surface area contributed by atoms with Crippen LogP contribution in [0.3, 0.4) is 0 Å². The fourth-order valence-corrected chi connectivity index (χ4v) is 6.58. The molecule has 0 saturated carbocycles. The van der Waals surface area contributed by atoms with Crippen LogP contribution in [0.25, 0.3) is 44.5 Å². The Morgan fingerprint density at radius 3 is 2.31 bits per heavy atom. The molecule has 3 aromatic heterocycles. The molecule has 5 heteroatoms. The van der Waals surface area contributed by atoms with Gasteiger partial charge in [0.05, 0.1) is 5.58 Å². The molecule has 0 saturated heterocycles. The van der Waals surface area contributed by atoms with Crippen LogP contribution in [0.15, 0.2) is 89.6 Å². The minimum Gasteiger partial charge on any atom is -0.501 e. The van der Waals surface area contributed by atoms with Crippen molar-refractivity contribution >= 4 is 35.2 Å². The van der Waals surface area contributed by atoms with E-state index >= 15 is 0 Å². The average Bonchev–Trinajstić information content (AvgIpc) is 3.37. The van der Waals surface area contributed by atoms with Crippen molar-refractivity contribution < 1.29 is 24.5 Å². The molecule has 0 aliphatic carbocycles. The molecule has 0 bridgehead atoms. The van der Waals surface area contributed by atoms with E-state index in [0.29, 0.717) is 5.92 Å². The minimum absolute atomic E-state index is 0. The van der Waals surface area contributed by atoms with Crippen molar-refractivity contribution in [2.24, 2.45) is 0 Å². The molecule has 0 fully saturated rings. The first-order valence-electron chi connectivity index (χ1n) is 14.4. The van der Waals surface area contributed by atoms with Crippen molar-refractivity contribution in [2.75, 3.05) is 0 Å². The van der Waals surface area contributed by atoms with Crippen molar-refractivity contribution in [1.29, 1.82) is 0 Å². The van der Waals surface area contributed by atoms with E-state index in [1.54, 1.807) is 0 Å². The van der Waals surface area contributed by atoms with Gasteiger partial charge in [-0.05, 0) is 54.8 Å². The number of benzene rings is 3. The summed E-state index contributed by atoms with van der Waals surface area (Å²) in [6.45, 7) is 15.8. The SMILES string of the molecule is CCC(C)c1cnc(-c2[c-]cc([Si](C)(C)C)c3c2oc2ccccc23)c(C)c1.Cc1ccc(-c2[c-]cccc2)nc1.[Ir]. The standard InChI is InChI=1S/C25H28NOSi.C12H10N.Ir/c1-7-16(2)18-14-17(3)24(26-15-18)20-12-13-22(28(4,5)6)23-19-10-8-9-11-21(19)27-25(20)23;1-10-7-8-12(13-9-10)11-5-3-2-4-6-11;/h8-11,13-16H,7H2,1-6H3;2-5,7-9H,1H3;/q2*-1;. The first-order valence-corrected chi connectivity index (χ1v) is 17.9. The van der Waals surface area contributed by atoms with Crippen molar-refractivity contribution in [3.8, 4) is 22.5 Å². The van der Waals surface area contributed by atoms with E-state index < -0.39 is 8.07 Å². The molecule has 0 aliphatic heterocycles. The van der Waals surface area contributed by atoms with Gasteiger partial charge in [0.2, 0.25) is 0 Å². The second-order valence-corrected chi connectivity index (χ2v) is 16.9. The molecule has 1 radical (unpaired) electrons. The molecule has 3 aromatic carbocycles. The third-order valence-electron chi connectivity index (χ3n) is 7.67. The summed E-state index contributed by atoms with van der Waals surface area (Å²) in [5.74, 6) is 0.518. The number of hydrogen-bond acceptors (Lipinski definition) is 3. The second-order valence-electron chi connectivity index (χ2n) is 11.9. The summed E-state index contributed by atoms with van der Waals surface area (Å²) in [4.78, 5) is 9.17. The zero-order valence-electron chi connectivity index (χ0n) is 25.5. The quantitative estimate of drug-likeness (QED) is 0.130. The maximum Gasteiger partial charge on any atom is 0.120 e. The molecule has 42 heavy (non-hydrogen) atoms. The number of aromatic nitrogens is 2. The van der Waals surface area contributed by atoms with Gasteiger partial charge in [-0.15, -0.1) is 53.2 Å². The van der Waals surface area contributed by atoms with Crippen molar-refractivity contribution in [1.82, 2.24) is 9.97 Å². The first-order chi connectivity index (χ1) is 19.7. The van der Waals surface area contributed by atoms with Crippen molar-refractivity contribution in [3.63, 3.8) is 0 Å². The fourth-order valence-electron chi connectivity index (χ4n) is 5.08. The number of rotatable bonds is 5. The molecule has 3 nitrogen and oxygen atoms in total. The van der Waals surface area contributed by atoms with Crippen LogP contribution in [0.2, 0.25) is 19.6 Å². The van der Waals surface area contributed by atoms with Gasteiger partial charge in [0.1, 0.15) is 5.58 Å². The number of furan rings is 1. The van der Waals surface area contributed by atoms with Crippen LogP contribution < -0.4 is 5.19 Å². The Morgan fingerprint density at radius 2 is 1.67 bits per heavy atom.